The molecule has 29 heavy (non-hydrogen) atoms. The van der Waals surface area contributed by atoms with E-state index in [-0.39, 0.29) is 0 Å². The summed E-state index contributed by atoms with van der Waals surface area (Å²) in [6.45, 7) is 6.76. The second-order valence-electron chi connectivity index (χ2n) is 7.97. The maximum absolute atomic E-state index is 2.73. The van der Waals surface area contributed by atoms with Gasteiger partial charge in [-0.05, 0) is 29.5 Å². The highest BCUT2D eigenvalue weighted by atomic mass is 15.5. The van der Waals surface area contributed by atoms with E-state index in [9.17, 15) is 0 Å². The Bertz CT molecular complexity index is 807. The third-order valence-electron chi connectivity index (χ3n) is 5.99. The minimum absolute atomic E-state index is 0.298. The molecular formula is C27H32N2. The van der Waals surface area contributed by atoms with Crippen LogP contribution in [0.2, 0.25) is 0 Å². The van der Waals surface area contributed by atoms with Gasteiger partial charge in [0.1, 0.15) is 0 Å². The number of nitrogens with zero attached hydrogens (tertiary/aromatic N) is 2. The Morgan fingerprint density at radius 2 is 0.862 bits per heavy atom. The van der Waals surface area contributed by atoms with Crippen molar-refractivity contribution in [1.29, 1.82) is 0 Å². The minimum Gasteiger partial charge on any atom is -0.275 e. The highest BCUT2D eigenvalue weighted by Gasteiger charge is 2.47. The maximum Gasteiger partial charge on any atom is 0.0897 e. The highest BCUT2D eigenvalue weighted by molar-refractivity contribution is 5.33. The number of hydrogen-bond acceptors (Lipinski definition) is 2. The standard InChI is InChI=1S/C27H32N2/c1-3-20-28-25(22-14-8-5-9-15-22)26(23-16-10-6-11-17-23)29(21-4-2)27(28)24-18-12-7-13-19-24/h5-19,25-27H,3-4,20-21H2,1-2H3. The van der Waals surface area contributed by atoms with E-state index in [1.807, 2.05) is 0 Å². The normalized spacial score (nSPS) is 22.8. The topological polar surface area (TPSA) is 6.48 Å². The minimum atomic E-state index is 0.298. The van der Waals surface area contributed by atoms with Crippen molar-refractivity contribution in [2.24, 2.45) is 0 Å². The quantitative estimate of drug-likeness (QED) is 0.452. The van der Waals surface area contributed by atoms with Crippen molar-refractivity contribution < 1.29 is 0 Å². The van der Waals surface area contributed by atoms with Gasteiger partial charge >= 0.3 is 0 Å². The van der Waals surface area contributed by atoms with E-state index in [1.54, 1.807) is 0 Å². The molecule has 1 fully saturated rings. The molecule has 0 spiro atoms. The van der Waals surface area contributed by atoms with Crippen LogP contribution >= 0.6 is 0 Å². The zero-order chi connectivity index (χ0) is 20.1. The van der Waals surface area contributed by atoms with Crippen molar-refractivity contribution >= 4 is 0 Å². The third-order valence-corrected chi connectivity index (χ3v) is 5.99. The van der Waals surface area contributed by atoms with Gasteiger partial charge in [0.15, 0.2) is 0 Å². The molecule has 0 saturated carbocycles. The van der Waals surface area contributed by atoms with Crippen molar-refractivity contribution in [1.82, 2.24) is 9.80 Å². The molecular weight excluding hydrogens is 352 g/mol. The lowest BCUT2D eigenvalue weighted by Gasteiger charge is -2.32. The van der Waals surface area contributed by atoms with Gasteiger partial charge in [0.25, 0.3) is 0 Å². The molecule has 0 radical (unpaired) electrons. The fourth-order valence-corrected chi connectivity index (χ4v) is 4.95. The van der Waals surface area contributed by atoms with Crippen molar-refractivity contribution in [3.05, 3.63) is 108 Å². The maximum atomic E-state index is 2.73. The van der Waals surface area contributed by atoms with Gasteiger partial charge < -0.3 is 0 Å². The van der Waals surface area contributed by atoms with E-state index < -0.39 is 0 Å². The molecule has 3 aromatic carbocycles. The summed E-state index contributed by atoms with van der Waals surface area (Å²) in [7, 11) is 0. The Morgan fingerprint density at radius 3 is 1.21 bits per heavy atom. The first-order valence-corrected chi connectivity index (χ1v) is 11.0. The van der Waals surface area contributed by atoms with Crippen molar-refractivity contribution in [2.75, 3.05) is 13.1 Å². The lowest BCUT2D eigenvalue weighted by Crippen LogP contribution is -2.32. The Balaban J connectivity index is 1.89. The van der Waals surface area contributed by atoms with Gasteiger partial charge in [-0.15, -0.1) is 0 Å². The van der Waals surface area contributed by atoms with Crippen LogP contribution < -0.4 is 0 Å². The molecule has 1 aliphatic rings. The first-order chi connectivity index (χ1) is 14.3. The molecule has 0 aromatic heterocycles. The van der Waals surface area contributed by atoms with Gasteiger partial charge in [0.05, 0.1) is 18.2 Å². The Kier molecular flexibility index (Phi) is 6.43. The molecule has 3 aromatic rings. The molecule has 2 unspecified atom stereocenters. The summed E-state index contributed by atoms with van der Waals surface area (Å²) in [5.41, 5.74) is 4.22. The Labute approximate surface area is 175 Å². The molecule has 2 nitrogen and oxygen atoms in total. The molecule has 150 valence electrons. The first-order valence-electron chi connectivity index (χ1n) is 11.0. The SMILES string of the molecule is CCCN1C(c2ccccc2)C(c2ccccc2)N(CCC)C1c1ccccc1. The average molecular weight is 385 g/mol. The van der Waals surface area contributed by atoms with Gasteiger partial charge in [-0.3, -0.25) is 9.80 Å². The molecule has 2 heteroatoms. The van der Waals surface area contributed by atoms with Gasteiger partial charge in [0, 0.05) is 13.1 Å². The smallest absolute Gasteiger partial charge is 0.0897 e. The molecule has 0 N–H and O–H groups in total. The molecule has 2 atom stereocenters. The van der Waals surface area contributed by atoms with Gasteiger partial charge in [-0.1, -0.05) is 105 Å². The van der Waals surface area contributed by atoms with E-state index in [2.05, 4.69) is 115 Å². The van der Waals surface area contributed by atoms with E-state index in [4.69, 9.17) is 0 Å². The summed E-state index contributed by atoms with van der Waals surface area (Å²) >= 11 is 0. The van der Waals surface area contributed by atoms with E-state index >= 15 is 0 Å². The Hall–Kier alpha value is -2.42. The second-order valence-corrected chi connectivity index (χ2v) is 7.97. The fourth-order valence-electron chi connectivity index (χ4n) is 4.95. The van der Waals surface area contributed by atoms with Crippen LogP contribution in [0.15, 0.2) is 91.0 Å². The average Bonchev–Trinajstić information content (AvgIpc) is 3.10. The van der Waals surface area contributed by atoms with Crippen LogP contribution in [0.3, 0.4) is 0 Å². The predicted molar refractivity (Wildman–Crippen MR) is 122 cm³/mol. The number of rotatable bonds is 7. The number of benzene rings is 3. The second kappa shape index (κ2) is 9.39. The third kappa shape index (κ3) is 4.01. The molecule has 1 heterocycles. The first kappa shape index (κ1) is 19.9. The van der Waals surface area contributed by atoms with Crippen LogP contribution in [0.1, 0.15) is 61.6 Å². The fraction of sp³-hybridized carbons (Fsp3) is 0.333. The van der Waals surface area contributed by atoms with Gasteiger partial charge in [-0.25, -0.2) is 0 Å². The molecule has 0 bridgehead atoms. The molecule has 4 rings (SSSR count). The number of hydrogen-bond donors (Lipinski definition) is 0. The zero-order valence-electron chi connectivity index (χ0n) is 17.6. The van der Waals surface area contributed by atoms with Gasteiger partial charge in [-0.2, -0.15) is 0 Å². The highest BCUT2D eigenvalue weighted by Crippen LogP contribution is 2.52. The van der Waals surface area contributed by atoms with Crippen LogP contribution in [0.25, 0.3) is 0 Å². The van der Waals surface area contributed by atoms with Crippen LogP contribution in [-0.4, -0.2) is 22.9 Å². The van der Waals surface area contributed by atoms with E-state index in [1.165, 1.54) is 16.7 Å². The molecule has 1 saturated heterocycles. The van der Waals surface area contributed by atoms with Gasteiger partial charge in [0.2, 0.25) is 0 Å². The summed E-state index contributed by atoms with van der Waals surface area (Å²) in [4.78, 5) is 5.47. The summed E-state index contributed by atoms with van der Waals surface area (Å²) in [5, 5.41) is 0. The summed E-state index contributed by atoms with van der Waals surface area (Å²) in [5.74, 6) is 0. The summed E-state index contributed by atoms with van der Waals surface area (Å²) in [6.07, 6.45) is 2.59. The van der Waals surface area contributed by atoms with E-state index in [0.29, 0.717) is 18.2 Å². The monoisotopic (exact) mass is 384 g/mol. The lowest BCUT2D eigenvalue weighted by molar-refractivity contribution is 0.114. The summed E-state index contributed by atoms with van der Waals surface area (Å²) < 4.78 is 0. The van der Waals surface area contributed by atoms with Crippen molar-refractivity contribution in [3.8, 4) is 0 Å². The predicted octanol–water partition coefficient (Wildman–Crippen LogP) is 6.61. The van der Waals surface area contributed by atoms with Crippen LogP contribution in [0.4, 0.5) is 0 Å². The van der Waals surface area contributed by atoms with Crippen LogP contribution in [-0.2, 0) is 0 Å². The van der Waals surface area contributed by atoms with E-state index in [0.717, 1.165) is 25.9 Å². The summed E-state index contributed by atoms with van der Waals surface area (Å²) in [6, 6.07) is 34.0. The zero-order valence-corrected chi connectivity index (χ0v) is 17.6. The van der Waals surface area contributed by atoms with Crippen LogP contribution in [0, 0.1) is 0 Å². The van der Waals surface area contributed by atoms with Crippen LogP contribution in [0.5, 0.6) is 0 Å². The molecule has 0 amide bonds. The largest absolute Gasteiger partial charge is 0.275 e. The lowest BCUT2D eigenvalue weighted by atomic mass is 9.93. The van der Waals surface area contributed by atoms with Crippen molar-refractivity contribution in [3.63, 3.8) is 0 Å². The molecule has 1 aliphatic heterocycles. The Morgan fingerprint density at radius 1 is 0.517 bits per heavy atom. The van der Waals surface area contributed by atoms with Crippen molar-refractivity contribution in [2.45, 2.75) is 44.9 Å². The molecule has 0 aliphatic carbocycles.